The SMILES string of the molecule is c1ccc2c(c1)nc1c3ccccc3c3ccc(-c4ccc(-n5c6ccccc6c6ccccc65)cc4)cc3n21. The molecule has 0 amide bonds. The lowest BCUT2D eigenvalue weighted by molar-refractivity contribution is 1.18. The van der Waals surface area contributed by atoms with Gasteiger partial charge in [0.2, 0.25) is 0 Å². The summed E-state index contributed by atoms with van der Waals surface area (Å²) >= 11 is 0. The van der Waals surface area contributed by atoms with Gasteiger partial charge in [-0.1, -0.05) is 97.1 Å². The van der Waals surface area contributed by atoms with E-state index < -0.39 is 0 Å². The Morgan fingerprint density at radius 1 is 0.400 bits per heavy atom. The lowest BCUT2D eigenvalue weighted by atomic mass is 10.00. The van der Waals surface area contributed by atoms with E-state index in [0.717, 1.165) is 22.4 Å². The van der Waals surface area contributed by atoms with Gasteiger partial charge in [0.15, 0.2) is 0 Å². The molecule has 9 rings (SSSR count). The number of imidazole rings is 1. The summed E-state index contributed by atoms with van der Waals surface area (Å²) in [4.78, 5) is 5.05. The van der Waals surface area contributed by atoms with Crippen LogP contribution < -0.4 is 0 Å². The fourth-order valence-corrected chi connectivity index (χ4v) is 6.49. The van der Waals surface area contributed by atoms with Crippen molar-refractivity contribution in [2.45, 2.75) is 0 Å². The number of nitrogens with zero attached hydrogens (tertiary/aromatic N) is 3. The molecule has 0 bridgehead atoms. The maximum atomic E-state index is 5.05. The maximum Gasteiger partial charge on any atom is 0.146 e. The zero-order chi connectivity index (χ0) is 26.2. The zero-order valence-corrected chi connectivity index (χ0v) is 21.6. The second-order valence-corrected chi connectivity index (χ2v) is 10.5. The van der Waals surface area contributed by atoms with E-state index in [0.29, 0.717) is 0 Å². The molecule has 0 fully saturated rings. The molecular formula is C37H23N3. The van der Waals surface area contributed by atoms with Crippen molar-refractivity contribution in [2.75, 3.05) is 0 Å². The number of pyridine rings is 1. The van der Waals surface area contributed by atoms with Crippen molar-refractivity contribution in [1.29, 1.82) is 0 Å². The van der Waals surface area contributed by atoms with Gasteiger partial charge in [0.25, 0.3) is 0 Å². The van der Waals surface area contributed by atoms with E-state index in [2.05, 4.69) is 148 Å². The number of hydrogen-bond acceptors (Lipinski definition) is 1. The first-order valence-electron chi connectivity index (χ1n) is 13.7. The van der Waals surface area contributed by atoms with Gasteiger partial charge < -0.3 is 4.57 Å². The molecule has 3 heteroatoms. The van der Waals surface area contributed by atoms with Crippen LogP contribution in [0.15, 0.2) is 140 Å². The second kappa shape index (κ2) is 8.05. The molecule has 186 valence electrons. The zero-order valence-electron chi connectivity index (χ0n) is 21.6. The normalized spacial score (nSPS) is 12.0. The van der Waals surface area contributed by atoms with E-state index in [1.807, 2.05) is 0 Å². The molecule has 3 nitrogen and oxygen atoms in total. The van der Waals surface area contributed by atoms with Crippen LogP contribution in [-0.2, 0) is 0 Å². The Hall–Kier alpha value is -5.41. The Balaban J connectivity index is 1.26. The summed E-state index contributed by atoms with van der Waals surface area (Å²) in [5.74, 6) is 0. The van der Waals surface area contributed by atoms with Gasteiger partial charge in [0, 0.05) is 27.2 Å². The van der Waals surface area contributed by atoms with Gasteiger partial charge in [-0.2, -0.15) is 0 Å². The van der Waals surface area contributed by atoms with Gasteiger partial charge in [-0.05, 0) is 59.0 Å². The molecule has 9 aromatic rings. The van der Waals surface area contributed by atoms with Crippen LogP contribution in [0.2, 0.25) is 0 Å². The Morgan fingerprint density at radius 3 is 1.68 bits per heavy atom. The highest BCUT2D eigenvalue weighted by atomic mass is 15.0. The molecule has 0 aliphatic rings. The standard InChI is InChI=1S/C37H23N3/c1-2-12-31-27(9-1)30-22-19-25(23-36(30)40-35-16-8-5-13-32(35)38-37(31)40)24-17-20-26(21-18-24)39-33-14-6-3-10-28(33)29-11-4-7-15-34(29)39/h1-23H. The summed E-state index contributed by atoms with van der Waals surface area (Å²) in [6, 6.07) is 50.1. The summed E-state index contributed by atoms with van der Waals surface area (Å²) in [6.45, 7) is 0. The first kappa shape index (κ1) is 21.5. The molecular weight excluding hydrogens is 486 g/mol. The molecule has 0 aliphatic carbocycles. The number of aromatic nitrogens is 3. The quantitative estimate of drug-likeness (QED) is 0.213. The van der Waals surface area contributed by atoms with Crippen LogP contribution >= 0.6 is 0 Å². The molecule has 0 unspecified atom stereocenters. The van der Waals surface area contributed by atoms with Gasteiger partial charge in [-0.15, -0.1) is 0 Å². The lowest BCUT2D eigenvalue weighted by Gasteiger charge is -2.12. The Morgan fingerprint density at radius 2 is 0.950 bits per heavy atom. The lowest BCUT2D eigenvalue weighted by Crippen LogP contribution is -1.94. The summed E-state index contributed by atoms with van der Waals surface area (Å²) in [6.07, 6.45) is 0. The van der Waals surface area contributed by atoms with E-state index in [4.69, 9.17) is 4.98 Å². The Bertz CT molecular complexity index is 2370. The summed E-state index contributed by atoms with van der Waals surface area (Å²) in [5.41, 5.74) is 10.3. The third kappa shape index (κ3) is 2.92. The van der Waals surface area contributed by atoms with Gasteiger partial charge in [-0.3, -0.25) is 4.40 Å². The van der Waals surface area contributed by atoms with E-state index in [9.17, 15) is 0 Å². The van der Waals surface area contributed by atoms with Crippen LogP contribution in [0.4, 0.5) is 0 Å². The summed E-state index contributed by atoms with van der Waals surface area (Å²) < 4.78 is 4.69. The van der Waals surface area contributed by atoms with E-state index in [1.165, 1.54) is 54.6 Å². The average molecular weight is 510 g/mol. The molecule has 40 heavy (non-hydrogen) atoms. The Labute approximate surface area is 230 Å². The molecule has 0 aliphatic heterocycles. The molecule has 0 radical (unpaired) electrons. The minimum absolute atomic E-state index is 1.00. The monoisotopic (exact) mass is 509 g/mol. The second-order valence-electron chi connectivity index (χ2n) is 10.5. The Kier molecular flexibility index (Phi) is 4.33. The van der Waals surface area contributed by atoms with Crippen LogP contribution in [0.5, 0.6) is 0 Å². The van der Waals surface area contributed by atoms with Crippen LogP contribution in [0.3, 0.4) is 0 Å². The van der Waals surface area contributed by atoms with Gasteiger partial charge in [0.05, 0.1) is 27.6 Å². The fourth-order valence-electron chi connectivity index (χ4n) is 6.49. The van der Waals surface area contributed by atoms with Crippen molar-refractivity contribution >= 4 is 60.2 Å². The highest BCUT2D eigenvalue weighted by molar-refractivity contribution is 6.14. The smallest absolute Gasteiger partial charge is 0.146 e. The third-order valence-electron chi connectivity index (χ3n) is 8.30. The van der Waals surface area contributed by atoms with Gasteiger partial charge >= 0.3 is 0 Å². The maximum absolute atomic E-state index is 5.05. The highest BCUT2D eigenvalue weighted by Gasteiger charge is 2.15. The molecule has 0 saturated carbocycles. The van der Waals surface area contributed by atoms with Crippen LogP contribution in [0.25, 0.3) is 77.0 Å². The van der Waals surface area contributed by atoms with Crippen molar-refractivity contribution in [1.82, 2.24) is 14.0 Å². The van der Waals surface area contributed by atoms with Gasteiger partial charge in [-0.25, -0.2) is 4.98 Å². The van der Waals surface area contributed by atoms with Gasteiger partial charge in [0.1, 0.15) is 5.65 Å². The highest BCUT2D eigenvalue weighted by Crippen LogP contribution is 2.36. The first-order chi connectivity index (χ1) is 19.8. The van der Waals surface area contributed by atoms with Crippen molar-refractivity contribution in [3.63, 3.8) is 0 Å². The topological polar surface area (TPSA) is 22.2 Å². The number of fused-ring (bicyclic) bond motifs is 11. The van der Waals surface area contributed by atoms with Crippen molar-refractivity contribution < 1.29 is 0 Å². The third-order valence-corrected chi connectivity index (χ3v) is 8.30. The predicted molar refractivity (Wildman–Crippen MR) is 167 cm³/mol. The van der Waals surface area contributed by atoms with E-state index in [1.54, 1.807) is 0 Å². The number of para-hydroxylation sites is 4. The number of hydrogen-bond donors (Lipinski definition) is 0. The molecule has 0 spiro atoms. The predicted octanol–water partition coefficient (Wildman–Crippen LogP) is 9.56. The van der Waals surface area contributed by atoms with Crippen molar-refractivity contribution in [3.05, 3.63) is 140 Å². The first-order valence-corrected chi connectivity index (χ1v) is 13.7. The van der Waals surface area contributed by atoms with E-state index in [-0.39, 0.29) is 0 Å². The van der Waals surface area contributed by atoms with Crippen LogP contribution in [0.1, 0.15) is 0 Å². The minimum atomic E-state index is 1.00. The van der Waals surface area contributed by atoms with Crippen LogP contribution in [-0.4, -0.2) is 14.0 Å². The average Bonchev–Trinajstić information content (AvgIpc) is 3.58. The molecule has 3 aromatic heterocycles. The molecule has 0 saturated heterocycles. The number of benzene rings is 6. The summed E-state index contributed by atoms with van der Waals surface area (Å²) in [5, 5.41) is 6.20. The molecule has 0 atom stereocenters. The molecule has 6 aromatic carbocycles. The minimum Gasteiger partial charge on any atom is -0.309 e. The molecule has 0 N–H and O–H groups in total. The fraction of sp³-hybridized carbons (Fsp3) is 0. The van der Waals surface area contributed by atoms with Crippen molar-refractivity contribution in [3.8, 4) is 16.8 Å². The van der Waals surface area contributed by atoms with Crippen LogP contribution in [0, 0.1) is 0 Å². The number of rotatable bonds is 2. The van der Waals surface area contributed by atoms with E-state index >= 15 is 0 Å². The molecule has 3 heterocycles. The summed E-state index contributed by atoms with van der Waals surface area (Å²) in [7, 11) is 0. The van der Waals surface area contributed by atoms with Crippen molar-refractivity contribution in [2.24, 2.45) is 0 Å². The largest absolute Gasteiger partial charge is 0.309 e.